The van der Waals surface area contributed by atoms with Gasteiger partial charge in [-0.15, -0.1) is 11.3 Å². The highest BCUT2D eigenvalue weighted by molar-refractivity contribution is 7.20. The van der Waals surface area contributed by atoms with E-state index in [1.54, 1.807) is 36.4 Å². The molecular formula is C27H30ClN3O3S. The lowest BCUT2D eigenvalue weighted by Crippen LogP contribution is -2.35. The molecule has 6 nitrogen and oxygen atoms in total. The number of amides is 2. The topological polar surface area (TPSA) is 70.7 Å². The third-order valence-corrected chi connectivity index (χ3v) is 7.26. The van der Waals surface area contributed by atoms with Crippen LogP contribution in [0.3, 0.4) is 0 Å². The van der Waals surface area contributed by atoms with Gasteiger partial charge in [-0.2, -0.15) is 0 Å². The van der Waals surface area contributed by atoms with Crippen LogP contribution in [0.4, 0.5) is 15.5 Å². The molecular weight excluding hydrogens is 482 g/mol. The molecule has 2 heterocycles. The lowest BCUT2D eigenvalue weighted by atomic mass is 9.84. The number of ether oxygens (including phenoxy) is 1. The molecule has 2 N–H and O–H groups in total. The summed E-state index contributed by atoms with van der Waals surface area (Å²) in [5, 5.41) is 6.06. The van der Waals surface area contributed by atoms with E-state index in [0.717, 1.165) is 19.6 Å². The Labute approximate surface area is 215 Å². The van der Waals surface area contributed by atoms with E-state index < -0.39 is 18.1 Å². The molecule has 3 aromatic rings. The minimum absolute atomic E-state index is 0.00530. The average molecular weight is 512 g/mol. The molecule has 184 valence electrons. The molecule has 1 saturated heterocycles. The molecule has 35 heavy (non-hydrogen) atoms. The Balaban J connectivity index is 1.43. The molecule has 2 amide bonds. The number of halogens is 1. The Morgan fingerprint density at radius 1 is 1.00 bits per heavy atom. The fourth-order valence-corrected chi connectivity index (χ4v) is 5.25. The van der Waals surface area contributed by atoms with Gasteiger partial charge in [0.05, 0.1) is 9.34 Å². The predicted molar refractivity (Wildman–Crippen MR) is 142 cm³/mol. The Morgan fingerprint density at radius 3 is 2.31 bits per heavy atom. The summed E-state index contributed by atoms with van der Waals surface area (Å²) in [6.45, 7) is 7.82. The molecule has 0 radical (unpaired) electrons. The Kier molecular flexibility index (Phi) is 8.11. The molecule has 1 aliphatic rings. The second kappa shape index (κ2) is 11.2. The van der Waals surface area contributed by atoms with E-state index in [2.05, 4.69) is 41.5 Å². The predicted octanol–water partition coefficient (Wildman–Crippen LogP) is 6.70. The largest absolute Gasteiger partial charge is 0.431 e. The lowest BCUT2D eigenvalue weighted by Gasteiger charge is -2.30. The van der Waals surface area contributed by atoms with Crippen molar-refractivity contribution >= 4 is 45.6 Å². The highest BCUT2D eigenvalue weighted by Crippen LogP contribution is 2.29. The van der Waals surface area contributed by atoms with Crippen molar-refractivity contribution < 1.29 is 14.3 Å². The summed E-state index contributed by atoms with van der Waals surface area (Å²) in [7, 11) is 0. The summed E-state index contributed by atoms with van der Waals surface area (Å²) in [6, 6.07) is 20.2. The number of nitrogens with one attached hydrogen (secondary N) is 2. The van der Waals surface area contributed by atoms with Crippen molar-refractivity contribution in [2.45, 2.75) is 38.2 Å². The number of rotatable bonds is 8. The van der Waals surface area contributed by atoms with E-state index in [9.17, 15) is 9.59 Å². The first-order chi connectivity index (χ1) is 16.8. The van der Waals surface area contributed by atoms with Crippen LogP contribution in [-0.4, -0.2) is 36.5 Å². The normalized spacial score (nSPS) is 14.9. The van der Waals surface area contributed by atoms with Gasteiger partial charge in [-0.05, 0) is 55.8 Å². The summed E-state index contributed by atoms with van der Waals surface area (Å²) in [6.07, 6.45) is 0.694. The molecule has 1 atom stereocenters. The van der Waals surface area contributed by atoms with E-state index in [-0.39, 0.29) is 5.41 Å². The molecule has 1 aromatic heterocycles. The molecule has 4 rings (SSSR count). The number of carbonyl (C=O) groups excluding carboxylic acids is 2. The molecule has 2 aromatic carbocycles. The fraction of sp³-hybridized carbons (Fsp3) is 0.333. The number of carbonyl (C=O) groups is 2. The maximum atomic E-state index is 13.2. The zero-order valence-corrected chi connectivity index (χ0v) is 21.5. The van der Waals surface area contributed by atoms with Gasteiger partial charge in [0.1, 0.15) is 0 Å². The number of hydrogen-bond acceptors (Lipinski definition) is 5. The molecule has 0 saturated carbocycles. The Bertz CT molecular complexity index is 1140. The van der Waals surface area contributed by atoms with Crippen molar-refractivity contribution in [1.82, 2.24) is 4.90 Å². The van der Waals surface area contributed by atoms with Crippen molar-refractivity contribution in [3.63, 3.8) is 0 Å². The first-order valence-corrected chi connectivity index (χ1v) is 12.9. The van der Waals surface area contributed by atoms with Gasteiger partial charge < -0.3 is 15.0 Å². The summed E-state index contributed by atoms with van der Waals surface area (Å²) < 4.78 is 6.08. The maximum absolute atomic E-state index is 13.2. The van der Waals surface area contributed by atoms with Crippen LogP contribution in [0.15, 0.2) is 66.7 Å². The Morgan fingerprint density at radius 2 is 1.69 bits per heavy atom. The number of thiophene rings is 1. The van der Waals surface area contributed by atoms with Crippen LogP contribution in [-0.2, 0) is 14.9 Å². The highest BCUT2D eigenvalue weighted by atomic mass is 35.5. The SMILES string of the molecule is CC(C)(CN1CCCC1)c1ccc(NC(=O)C(OC(=O)Nc2ccc(Cl)s2)c2ccccc2)cc1. The summed E-state index contributed by atoms with van der Waals surface area (Å²) in [4.78, 5) is 28.2. The van der Waals surface area contributed by atoms with Gasteiger partial charge in [-0.25, -0.2) is 4.79 Å². The molecule has 0 spiro atoms. The molecule has 1 fully saturated rings. The van der Waals surface area contributed by atoms with E-state index in [4.69, 9.17) is 16.3 Å². The zero-order valence-electron chi connectivity index (χ0n) is 19.9. The van der Waals surface area contributed by atoms with Crippen molar-refractivity contribution in [1.29, 1.82) is 0 Å². The van der Waals surface area contributed by atoms with Crippen molar-refractivity contribution in [2.75, 3.05) is 30.3 Å². The Hall–Kier alpha value is -2.87. The van der Waals surface area contributed by atoms with E-state index >= 15 is 0 Å². The number of hydrogen-bond donors (Lipinski definition) is 2. The van der Waals surface area contributed by atoms with Crippen LogP contribution < -0.4 is 10.6 Å². The number of likely N-dealkylation sites (tertiary alicyclic amines) is 1. The third kappa shape index (κ3) is 6.84. The van der Waals surface area contributed by atoms with Crippen LogP contribution in [0.2, 0.25) is 4.34 Å². The van der Waals surface area contributed by atoms with Crippen molar-refractivity contribution in [3.05, 3.63) is 82.2 Å². The number of benzene rings is 2. The second-order valence-electron chi connectivity index (χ2n) is 9.36. The lowest BCUT2D eigenvalue weighted by molar-refractivity contribution is -0.124. The third-order valence-electron chi connectivity index (χ3n) is 6.12. The van der Waals surface area contributed by atoms with Gasteiger partial charge in [0.25, 0.3) is 5.91 Å². The van der Waals surface area contributed by atoms with Gasteiger partial charge in [-0.1, -0.05) is 67.9 Å². The van der Waals surface area contributed by atoms with Crippen LogP contribution in [0.1, 0.15) is 43.9 Å². The van der Waals surface area contributed by atoms with E-state index in [1.165, 1.54) is 29.7 Å². The summed E-state index contributed by atoms with van der Waals surface area (Å²) in [5.74, 6) is -0.431. The van der Waals surface area contributed by atoms with Gasteiger partial charge in [0.2, 0.25) is 6.10 Å². The summed E-state index contributed by atoms with van der Waals surface area (Å²) in [5.41, 5.74) is 2.44. The number of nitrogens with zero attached hydrogens (tertiary/aromatic N) is 1. The molecule has 1 aliphatic heterocycles. The standard InChI is InChI=1S/C27H30ClN3O3S/c1-27(2,18-31-16-6-7-17-31)20-10-12-21(13-11-20)29-25(32)24(19-8-4-3-5-9-19)34-26(33)30-23-15-14-22(28)35-23/h3-5,8-15,24H,6-7,16-18H2,1-2H3,(H,29,32)(H,30,33). The maximum Gasteiger partial charge on any atom is 0.413 e. The first kappa shape index (κ1) is 25.2. The molecule has 0 aliphatic carbocycles. The van der Waals surface area contributed by atoms with Crippen LogP contribution >= 0.6 is 22.9 Å². The van der Waals surface area contributed by atoms with E-state index in [0.29, 0.717) is 20.6 Å². The van der Waals surface area contributed by atoms with E-state index in [1.807, 2.05) is 18.2 Å². The monoisotopic (exact) mass is 511 g/mol. The minimum atomic E-state index is -1.11. The zero-order chi connectivity index (χ0) is 24.8. The molecule has 1 unspecified atom stereocenters. The fourth-order valence-electron chi connectivity index (χ4n) is 4.32. The first-order valence-electron chi connectivity index (χ1n) is 11.7. The van der Waals surface area contributed by atoms with Gasteiger partial charge in [-0.3, -0.25) is 10.1 Å². The average Bonchev–Trinajstić information content (AvgIpc) is 3.49. The second-order valence-corrected chi connectivity index (χ2v) is 11.1. The molecule has 8 heteroatoms. The van der Waals surface area contributed by atoms with Crippen LogP contribution in [0.5, 0.6) is 0 Å². The highest BCUT2D eigenvalue weighted by Gasteiger charge is 2.27. The summed E-state index contributed by atoms with van der Waals surface area (Å²) >= 11 is 7.14. The van der Waals surface area contributed by atoms with Gasteiger partial charge in [0.15, 0.2) is 0 Å². The number of anilines is 2. The smallest absolute Gasteiger partial charge is 0.413 e. The van der Waals surface area contributed by atoms with Crippen LogP contribution in [0, 0.1) is 0 Å². The van der Waals surface area contributed by atoms with Gasteiger partial charge >= 0.3 is 6.09 Å². The van der Waals surface area contributed by atoms with Crippen molar-refractivity contribution in [3.8, 4) is 0 Å². The minimum Gasteiger partial charge on any atom is -0.431 e. The van der Waals surface area contributed by atoms with Crippen LogP contribution in [0.25, 0.3) is 0 Å². The van der Waals surface area contributed by atoms with Gasteiger partial charge in [0, 0.05) is 23.2 Å². The quantitative estimate of drug-likeness (QED) is 0.353. The molecule has 0 bridgehead atoms. The van der Waals surface area contributed by atoms with Crippen molar-refractivity contribution in [2.24, 2.45) is 0 Å².